The lowest BCUT2D eigenvalue weighted by Gasteiger charge is -2.34. The van der Waals surface area contributed by atoms with E-state index in [1.165, 1.54) is 17.4 Å². The van der Waals surface area contributed by atoms with E-state index in [0.717, 1.165) is 10.1 Å². The Morgan fingerprint density at radius 3 is 2.56 bits per heavy atom. The molecule has 1 aliphatic rings. The first-order valence-electron chi connectivity index (χ1n) is 8.65. The summed E-state index contributed by atoms with van der Waals surface area (Å²) in [5.74, 6) is -0.241. The number of rotatable bonds is 3. The monoisotopic (exact) mass is 422 g/mol. The fraction of sp³-hybridized carbons (Fsp3) is 0.250. The summed E-state index contributed by atoms with van der Waals surface area (Å²) in [6.45, 7) is 3.15. The molecule has 0 saturated carbocycles. The second-order valence-electron chi connectivity index (χ2n) is 6.55. The van der Waals surface area contributed by atoms with Crippen LogP contribution in [0.15, 0.2) is 42.5 Å². The number of thiophene rings is 1. The lowest BCUT2D eigenvalue weighted by molar-refractivity contribution is 0.0632. The molecule has 2 heterocycles. The van der Waals surface area contributed by atoms with Crippen molar-refractivity contribution in [3.63, 3.8) is 0 Å². The van der Waals surface area contributed by atoms with Crippen LogP contribution in [0, 0.1) is 5.82 Å². The molecule has 3 nitrogen and oxygen atoms in total. The molecule has 0 radical (unpaired) electrons. The topological polar surface area (TPSA) is 23.6 Å². The molecule has 0 spiro atoms. The van der Waals surface area contributed by atoms with Crippen molar-refractivity contribution in [1.82, 2.24) is 9.80 Å². The predicted octanol–water partition coefficient (Wildman–Crippen LogP) is 5.31. The van der Waals surface area contributed by atoms with Crippen LogP contribution in [0.2, 0.25) is 10.0 Å². The highest BCUT2D eigenvalue weighted by Crippen LogP contribution is 2.37. The summed E-state index contributed by atoms with van der Waals surface area (Å²) in [7, 11) is 0. The van der Waals surface area contributed by atoms with E-state index in [1.54, 1.807) is 18.2 Å². The minimum atomic E-state index is -0.188. The van der Waals surface area contributed by atoms with E-state index in [1.807, 2.05) is 23.1 Å². The van der Waals surface area contributed by atoms with Crippen LogP contribution in [-0.2, 0) is 6.54 Å². The number of hydrogen-bond donors (Lipinski definition) is 0. The molecule has 0 aliphatic carbocycles. The van der Waals surface area contributed by atoms with Crippen LogP contribution in [0.3, 0.4) is 0 Å². The van der Waals surface area contributed by atoms with Gasteiger partial charge >= 0.3 is 0 Å². The van der Waals surface area contributed by atoms with Crippen LogP contribution in [0.1, 0.15) is 15.2 Å². The van der Waals surface area contributed by atoms with E-state index in [0.29, 0.717) is 53.2 Å². The van der Waals surface area contributed by atoms with Gasteiger partial charge in [0.1, 0.15) is 10.7 Å². The molecule has 1 saturated heterocycles. The first-order chi connectivity index (χ1) is 13.0. The van der Waals surface area contributed by atoms with Gasteiger partial charge in [-0.3, -0.25) is 9.69 Å². The SMILES string of the molecule is O=C(c1sc2cc(Cl)ccc2c1Cl)N1CCN(Cc2ccccc2F)CC1. The van der Waals surface area contributed by atoms with Crippen molar-refractivity contribution in [3.05, 3.63) is 68.8 Å². The first kappa shape index (κ1) is 18.7. The Kier molecular flexibility index (Phi) is 5.37. The van der Waals surface area contributed by atoms with Crippen molar-refractivity contribution < 1.29 is 9.18 Å². The van der Waals surface area contributed by atoms with Gasteiger partial charge in [-0.15, -0.1) is 11.3 Å². The lowest BCUT2D eigenvalue weighted by Crippen LogP contribution is -2.48. The number of carbonyl (C=O) groups is 1. The van der Waals surface area contributed by atoms with Crippen molar-refractivity contribution in [2.45, 2.75) is 6.54 Å². The molecule has 0 bridgehead atoms. The molecule has 27 heavy (non-hydrogen) atoms. The highest BCUT2D eigenvalue weighted by Gasteiger charge is 2.26. The molecular weight excluding hydrogens is 406 g/mol. The summed E-state index contributed by atoms with van der Waals surface area (Å²) in [5.41, 5.74) is 0.682. The highest BCUT2D eigenvalue weighted by molar-refractivity contribution is 7.21. The van der Waals surface area contributed by atoms with Crippen LogP contribution in [0.25, 0.3) is 10.1 Å². The molecular formula is C20H17Cl2FN2OS. The fourth-order valence-electron chi connectivity index (χ4n) is 3.30. The van der Waals surface area contributed by atoms with Gasteiger partial charge in [0.15, 0.2) is 0 Å². The highest BCUT2D eigenvalue weighted by atomic mass is 35.5. The molecule has 1 amide bonds. The second-order valence-corrected chi connectivity index (χ2v) is 8.41. The Morgan fingerprint density at radius 2 is 1.81 bits per heavy atom. The molecule has 1 aromatic heterocycles. The standard InChI is InChI=1S/C20H17Cl2FN2OS/c21-14-5-6-15-17(11-14)27-19(18(15)22)20(26)25-9-7-24(8-10-25)12-13-3-1-2-4-16(13)23/h1-6,11H,7-10,12H2. The maximum absolute atomic E-state index is 13.8. The molecule has 0 unspecified atom stereocenters. The average Bonchev–Trinajstić information content (AvgIpc) is 2.99. The number of carbonyl (C=O) groups excluding carboxylic acids is 1. The predicted molar refractivity (Wildman–Crippen MR) is 109 cm³/mol. The van der Waals surface area contributed by atoms with Crippen molar-refractivity contribution in [2.75, 3.05) is 26.2 Å². The zero-order chi connectivity index (χ0) is 19.0. The van der Waals surface area contributed by atoms with Gasteiger partial charge in [0, 0.05) is 53.4 Å². The Balaban J connectivity index is 1.44. The van der Waals surface area contributed by atoms with E-state index in [-0.39, 0.29) is 11.7 Å². The smallest absolute Gasteiger partial charge is 0.265 e. The van der Waals surface area contributed by atoms with E-state index in [4.69, 9.17) is 23.2 Å². The van der Waals surface area contributed by atoms with Crippen molar-refractivity contribution in [3.8, 4) is 0 Å². The van der Waals surface area contributed by atoms with Crippen LogP contribution in [0.5, 0.6) is 0 Å². The molecule has 2 aromatic carbocycles. The summed E-state index contributed by atoms with van der Waals surface area (Å²) in [6.07, 6.45) is 0. The Hall–Kier alpha value is -1.66. The molecule has 7 heteroatoms. The number of amides is 1. The third-order valence-corrected chi connectivity index (χ3v) is 6.68. The van der Waals surface area contributed by atoms with Crippen LogP contribution < -0.4 is 0 Å². The van der Waals surface area contributed by atoms with Gasteiger partial charge in [-0.05, 0) is 18.2 Å². The fourth-order valence-corrected chi connectivity index (χ4v) is 5.05. The Bertz CT molecular complexity index is 999. The van der Waals surface area contributed by atoms with Crippen molar-refractivity contribution in [1.29, 1.82) is 0 Å². The summed E-state index contributed by atoms with van der Waals surface area (Å²) >= 11 is 13.9. The summed E-state index contributed by atoms with van der Waals surface area (Å²) in [6, 6.07) is 12.3. The van der Waals surface area contributed by atoms with E-state index < -0.39 is 0 Å². The third kappa shape index (κ3) is 3.83. The second kappa shape index (κ2) is 7.76. The number of nitrogens with zero attached hydrogens (tertiary/aromatic N) is 2. The van der Waals surface area contributed by atoms with E-state index >= 15 is 0 Å². The van der Waals surface area contributed by atoms with Gasteiger partial charge in [-0.2, -0.15) is 0 Å². The quantitative estimate of drug-likeness (QED) is 0.571. The largest absolute Gasteiger partial charge is 0.335 e. The zero-order valence-corrected chi connectivity index (χ0v) is 16.8. The zero-order valence-electron chi connectivity index (χ0n) is 14.4. The number of piperazine rings is 1. The van der Waals surface area contributed by atoms with Crippen LogP contribution in [-0.4, -0.2) is 41.9 Å². The Labute approximate surface area is 170 Å². The average molecular weight is 423 g/mol. The van der Waals surface area contributed by atoms with Gasteiger partial charge in [-0.25, -0.2) is 4.39 Å². The minimum Gasteiger partial charge on any atom is -0.335 e. The third-order valence-electron chi connectivity index (χ3n) is 4.80. The summed E-state index contributed by atoms with van der Waals surface area (Å²) < 4.78 is 14.7. The molecule has 0 N–H and O–H groups in total. The minimum absolute atomic E-state index is 0.0529. The van der Waals surface area contributed by atoms with E-state index in [2.05, 4.69) is 4.90 Å². The number of halogens is 3. The summed E-state index contributed by atoms with van der Waals surface area (Å²) in [5, 5.41) is 1.97. The molecule has 140 valence electrons. The Morgan fingerprint density at radius 1 is 1.07 bits per heavy atom. The number of fused-ring (bicyclic) bond motifs is 1. The summed E-state index contributed by atoms with van der Waals surface area (Å²) in [4.78, 5) is 17.5. The van der Waals surface area contributed by atoms with E-state index in [9.17, 15) is 9.18 Å². The first-order valence-corrected chi connectivity index (χ1v) is 10.2. The molecule has 4 rings (SSSR count). The van der Waals surface area contributed by atoms with Gasteiger partial charge in [0.25, 0.3) is 5.91 Å². The van der Waals surface area contributed by atoms with Gasteiger partial charge in [-0.1, -0.05) is 47.5 Å². The van der Waals surface area contributed by atoms with Crippen molar-refractivity contribution >= 4 is 50.5 Å². The number of hydrogen-bond acceptors (Lipinski definition) is 3. The van der Waals surface area contributed by atoms with Gasteiger partial charge < -0.3 is 4.90 Å². The van der Waals surface area contributed by atoms with Crippen molar-refractivity contribution in [2.24, 2.45) is 0 Å². The molecule has 1 fully saturated rings. The van der Waals surface area contributed by atoms with Gasteiger partial charge in [0.05, 0.1) is 5.02 Å². The van der Waals surface area contributed by atoms with Gasteiger partial charge in [0.2, 0.25) is 0 Å². The lowest BCUT2D eigenvalue weighted by atomic mass is 10.2. The van der Waals surface area contributed by atoms with Crippen LogP contribution >= 0.6 is 34.5 Å². The molecule has 1 aliphatic heterocycles. The van der Waals surface area contributed by atoms with Crippen LogP contribution in [0.4, 0.5) is 4.39 Å². The maximum atomic E-state index is 13.8. The normalized spacial score (nSPS) is 15.4. The molecule has 3 aromatic rings. The number of benzene rings is 2. The maximum Gasteiger partial charge on any atom is 0.265 e. The molecule has 0 atom stereocenters.